The van der Waals surface area contributed by atoms with E-state index in [9.17, 15) is 4.79 Å². The van der Waals surface area contributed by atoms with Crippen molar-refractivity contribution in [3.63, 3.8) is 0 Å². The maximum Gasteiger partial charge on any atom is 0.224 e. The number of nitrogen functional groups attached to an aromatic ring is 1. The Hall–Kier alpha value is -1.55. The Morgan fingerprint density at radius 1 is 1.40 bits per heavy atom. The summed E-state index contributed by atoms with van der Waals surface area (Å²) in [7, 11) is 0. The molecule has 1 aromatic carbocycles. The zero-order valence-electron chi connectivity index (χ0n) is 12.3. The van der Waals surface area contributed by atoms with E-state index >= 15 is 0 Å². The van der Waals surface area contributed by atoms with Gasteiger partial charge in [-0.25, -0.2) is 0 Å². The molecule has 1 aliphatic carbocycles. The van der Waals surface area contributed by atoms with E-state index in [1.807, 2.05) is 18.2 Å². The quantitative estimate of drug-likeness (QED) is 0.717. The Balaban J connectivity index is 1.68. The largest absolute Gasteiger partial charge is 0.397 e. The maximum absolute atomic E-state index is 11.9. The summed E-state index contributed by atoms with van der Waals surface area (Å²) in [6.45, 7) is 5.46. The van der Waals surface area contributed by atoms with Crippen molar-refractivity contribution in [3.05, 3.63) is 24.3 Å². The molecule has 0 unspecified atom stereocenters. The standard InChI is InChI=1S/C16H25N3O/c1-2-19(12-13-9-10-13)11-5-8-16(20)18-15-7-4-3-6-14(15)17/h3-4,6-7,13H,2,5,8-12,17H2,1H3,(H,18,20). The predicted molar refractivity (Wildman–Crippen MR) is 83.6 cm³/mol. The number of benzene rings is 1. The third kappa shape index (κ3) is 4.85. The van der Waals surface area contributed by atoms with Crippen LogP contribution in [-0.4, -0.2) is 30.4 Å². The Labute approximate surface area is 121 Å². The van der Waals surface area contributed by atoms with Crippen molar-refractivity contribution < 1.29 is 4.79 Å². The van der Waals surface area contributed by atoms with Crippen LogP contribution in [0.1, 0.15) is 32.6 Å². The average Bonchev–Trinajstić information content (AvgIpc) is 3.24. The number of anilines is 2. The molecule has 1 aliphatic rings. The topological polar surface area (TPSA) is 58.4 Å². The number of carbonyl (C=O) groups is 1. The minimum absolute atomic E-state index is 0.0466. The highest BCUT2D eigenvalue weighted by molar-refractivity contribution is 5.93. The van der Waals surface area contributed by atoms with Gasteiger partial charge < -0.3 is 16.0 Å². The molecule has 2 rings (SSSR count). The minimum atomic E-state index is 0.0466. The first-order valence-electron chi connectivity index (χ1n) is 7.55. The van der Waals surface area contributed by atoms with Crippen LogP contribution in [0, 0.1) is 5.92 Å². The number of carbonyl (C=O) groups excluding carboxylic acids is 1. The Morgan fingerprint density at radius 2 is 2.15 bits per heavy atom. The van der Waals surface area contributed by atoms with Gasteiger partial charge in [0.2, 0.25) is 5.91 Å². The lowest BCUT2D eigenvalue weighted by molar-refractivity contribution is -0.116. The second kappa shape index (κ2) is 7.29. The summed E-state index contributed by atoms with van der Waals surface area (Å²) >= 11 is 0. The number of para-hydroxylation sites is 2. The molecule has 3 N–H and O–H groups in total. The van der Waals surface area contributed by atoms with Gasteiger partial charge in [0, 0.05) is 13.0 Å². The van der Waals surface area contributed by atoms with E-state index in [-0.39, 0.29) is 5.91 Å². The SMILES string of the molecule is CCN(CCCC(=O)Nc1ccccc1N)CC1CC1. The fourth-order valence-corrected chi connectivity index (χ4v) is 2.33. The molecule has 0 heterocycles. The van der Waals surface area contributed by atoms with E-state index < -0.39 is 0 Å². The summed E-state index contributed by atoms with van der Waals surface area (Å²) in [5.74, 6) is 0.957. The van der Waals surface area contributed by atoms with Crippen LogP contribution in [0.2, 0.25) is 0 Å². The summed E-state index contributed by atoms with van der Waals surface area (Å²) < 4.78 is 0. The van der Waals surface area contributed by atoms with Crippen molar-refractivity contribution in [2.24, 2.45) is 5.92 Å². The molecule has 1 amide bonds. The minimum Gasteiger partial charge on any atom is -0.397 e. The number of amides is 1. The average molecular weight is 275 g/mol. The van der Waals surface area contributed by atoms with Crippen LogP contribution in [0.4, 0.5) is 11.4 Å². The van der Waals surface area contributed by atoms with Gasteiger partial charge in [0.05, 0.1) is 11.4 Å². The molecule has 20 heavy (non-hydrogen) atoms. The van der Waals surface area contributed by atoms with Crippen LogP contribution in [-0.2, 0) is 4.79 Å². The predicted octanol–water partition coefficient (Wildman–Crippen LogP) is 2.72. The molecule has 0 atom stereocenters. The number of rotatable bonds is 8. The summed E-state index contributed by atoms with van der Waals surface area (Å²) in [4.78, 5) is 14.3. The van der Waals surface area contributed by atoms with Crippen molar-refractivity contribution in [2.45, 2.75) is 32.6 Å². The highest BCUT2D eigenvalue weighted by atomic mass is 16.1. The van der Waals surface area contributed by atoms with Crippen molar-refractivity contribution in [3.8, 4) is 0 Å². The molecule has 0 saturated heterocycles. The van der Waals surface area contributed by atoms with Gasteiger partial charge in [-0.15, -0.1) is 0 Å². The van der Waals surface area contributed by atoms with Crippen molar-refractivity contribution in [2.75, 3.05) is 30.7 Å². The van der Waals surface area contributed by atoms with Gasteiger partial charge in [0.25, 0.3) is 0 Å². The fourth-order valence-electron chi connectivity index (χ4n) is 2.33. The van der Waals surface area contributed by atoms with Crippen LogP contribution >= 0.6 is 0 Å². The Bertz CT molecular complexity index is 443. The van der Waals surface area contributed by atoms with Crippen LogP contribution in [0.5, 0.6) is 0 Å². The number of hydrogen-bond acceptors (Lipinski definition) is 3. The van der Waals surface area contributed by atoms with Crippen LogP contribution in [0.25, 0.3) is 0 Å². The molecule has 1 aromatic rings. The Morgan fingerprint density at radius 3 is 2.80 bits per heavy atom. The van der Waals surface area contributed by atoms with Crippen molar-refractivity contribution in [1.82, 2.24) is 4.90 Å². The van der Waals surface area contributed by atoms with Gasteiger partial charge in [-0.05, 0) is 50.4 Å². The molecule has 0 spiro atoms. The van der Waals surface area contributed by atoms with E-state index in [1.165, 1.54) is 19.4 Å². The number of nitrogens with one attached hydrogen (secondary N) is 1. The first-order valence-corrected chi connectivity index (χ1v) is 7.55. The molecule has 0 aromatic heterocycles. The van der Waals surface area contributed by atoms with E-state index in [0.717, 1.165) is 25.4 Å². The fraction of sp³-hybridized carbons (Fsp3) is 0.562. The first-order chi connectivity index (χ1) is 9.69. The van der Waals surface area contributed by atoms with Gasteiger partial charge in [0.15, 0.2) is 0 Å². The smallest absolute Gasteiger partial charge is 0.224 e. The molecule has 0 bridgehead atoms. The summed E-state index contributed by atoms with van der Waals surface area (Å²) in [5.41, 5.74) is 7.13. The molecule has 4 heteroatoms. The second-order valence-corrected chi connectivity index (χ2v) is 5.58. The van der Waals surface area contributed by atoms with Crippen molar-refractivity contribution >= 4 is 17.3 Å². The monoisotopic (exact) mass is 275 g/mol. The van der Waals surface area contributed by atoms with E-state index in [1.54, 1.807) is 6.07 Å². The number of nitrogens with two attached hydrogens (primary N) is 1. The third-order valence-electron chi connectivity index (χ3n) is 3.77. The molecule has 0 aliphatic heterocycles. The Kier molecular flexibility index (Phi) is 5.41. The third-order valence-corrected chi connectivity index (χ3v) is 3.77. The van der Waals surface area contributed by atoms with E-state index in [4.69, 9.17) is 5.73 Å². The highest BCUT2D eigenvalue weighted by Gasteiger charge is 2.23. The van der Waals surface area contributed by atoms with Gasteiger partial charge in [0.1, 0.15) is 0 Å². The molecular formula is C16H25N3O. The van der Waals surface area contributed by atoms with E-state index in [2.05, 4.69) is 17.1 Å². The van der Waals surface area contributed by atoms with Crippen LogP contribution in [0.3, 0.4) is 0 Å². The lowest BCUT2D eigenvalue weighted by Gasteiger charge is -2.19. The number of hydrogen-bond donors (Lipinski definition) is 2. The summed E-state index contributed by atoms with van der Waals surface area (Å²) in [6.07, 6.45) is 4.21. The normalized spacial score (nSPS) is 14.5. The van der Waals surface area contributed by atoms with E-state index in [0.29, 0.717) is 17.8 Å². The van der Waals surface area contributed by atoms with Gasteiger partial charge in [-0.1, -0.05) is 19.1 Å². The maximum atomic E-state index is 11.9. The van der Waals surface area contributed by atoms with Gasteiger partial charge in [-0.3, -0.25) is 4.79 Å². The van der Waals surface area contributed by atoms with Gasteiger partial charge in [-0.2, -0.15) is 0 Å². The molecule has 0 radical (unpaired) electrons. The molecular weight excluding hydrogens is 250 g/mol. The lowest BCUT2D eigenvalue weighted by Crippen LogP contribution is -2.27. The second-order valence-electron chi connectivity index (χ2n) is 5.58. The zero-order valence-corrected chi connectivity index (χ0v) is 12.3. The van der Waals surface area contributed by atoms with Crippen LogP contribution < -0.4 is 11.1 Å². The molecule has 1 saturated carbocycles. The van der Waals surface area contributed by atoms with Crippen LogP contribution in [0.15, 0.2) is 24.3 Å². The highest BCUT2D eigenvalue weighted by Crippen LogP contribution is 2.29. The number of nitrogens with zero attached hydrogens (tertiary/aromatic N) is 1. The molecule has 1 fully saturated rings. The van der Waals surface area contributed by atoms with Crippen molar-refractivity contribution in [1.29, 1.82) is 0 Å². The zero-order chi connectivity index (χ0) is 14.4. The lowest BCUT2D eigenvalue weighted by atomic mass is 10.2. The molecule has 4 nitrogen and oxygen atoms in total. The summed E-state index contributed by atoms with van der Waals surface area (Å²) in [5, 5.41) is 2.87. The summed E-state index contributed by atoms with van der Waals surface area (Å²) in [6, 6.07) is 7.37. The van der Waals surface area contributed by atoms with Gasteiger partial charge >= 0.3 is 0 Å². The first kappa shape index (κ1) is 14.9. The molecule has 110 valence electrons.